The molecule has 1 atom stereocenters. The summed E-state index contributed by atoms with van der Waals surface area (Å²) < 4.78 is 1.72. The maximum Gasteiger partial charge on any atom is 0.270 e. The minimum Gasteiger partial charge on any atom is -0.339 e. The zero-order valence-electron chi connectivity index (χ0n) is 18.4. The third kappa shape index (κ3) is 4.25. The van der Waals surface area contributed by atoms with Crippen molar-refractivity contribution < 1.29 is 9.59 Å². The molecule has 5 rings (SSSR count). The Bertz CT molecular complexity index is 975. The number of aromatic nitrogens is 2. The van der Waals surface area contributed by atoms with Crippen LogP contribution in [0.3, 0.4) is 0 Å². The van der Waals surface area contributed by atoms with Gasteiger partial charge in [0.25, 0.3) is 5.91 Å². The number of nitrogens with zero attached hydrogens (tertiary/aromatic N) is 2. The van der Waals surface area contributed by atoms with Gasteiger partial charge in [-0.2, -0.15) is 5.10 Å². The first-order valence-corrected chi connectivity index (χ1v) is 11.8. The third-order valence-electron chi connectivity index (χ3n) is 7.04. The molecule has 6 heteroatoms. The highest BCUT2D eigenvalue weighted by Crippen LogP contribution is 2.51. The molecule has 1 unspecified atom stereocenters. The lowest BCUT2D eigenvalue weighted by atomic mass is 9.88. The normalized spacial score (nSPS) is 18.8. The number of aryl methyl sites for hydroxylation is 2. The standard InChI is InChI=1S/C25H32N4O2/c1-15(2)29-21(12-13-26-29)24(30)28-23(22(17-6-7-17)18-8-9-18)25(31)27-20-11-10-16-4-3-5-19(16)14-20/h10-15,17-18,22-23H,3-9H2,1-2H3,(H,27,31)(H,28,30). The van der Waals surface area contributed by atoms with Crippen molar-refractivity contribution in [1.29, 1.82) is 0 Å². The van der Waals surface area contributed by atoms with E-state index in [0.717, 1.165) is 44.2 Å². The van der Waals surface area contributed by atoms with Crippen LogP contribution >= 0.6 is 0 Å². The Balaban J connectivity index is 1.38. The molecular weight excluding hydrogens is 388 g/mol. The highest BCUT2D eigenvalue weighted by molar-refractivity contribution is 6.00. The number of benzene rings is 1. The molecule has 164 valence electrons. The first-order chi connectivity index (χ1) is 15.0. The van der Waals surface area contributed by atoms with E-state index in [9.17, 15) is 9.59 Å². The molecule has 0 radical (unpaired) electrons. The average molecular weight is 421 g/mol. The lowest BCUT2D eigenvalue weighted by molar-refractivity contribution is -0.119. The number of hydrogen-bond donors (Lipinski definition) is 2. The van der Waals surface area contributed by atoms with Crippen LogP contribution in [0.25, 0.3) is 0 Å². The van der Waals surface area contributed by atoms with Crippen LogP contribution in [0.1, 0.15) is 73.6 Å². The van der Waals surface area contributed by atoms with Crippen LogP contribution < -0.4 is 10.6 Å². The second-order valence-corrected chi connectivity index (χ2v) is 9.78. The summed E-state index contributed by atoms with van der Waals surface area (Å²) in [6.07, 6.45) is 9.65. The summed E-state index contributed by atoms with van der Waals surface area (Å²) in [5.41, 5.74) is 4.07. The van der Waals surface area contributed by atoms with Crippen molar-refractivity contribution in [2.45, 2.75) is 70.9 Å². The summed E-state index contributed by atoms with van der Waals surface area (Å²) in [6, 6.07) is 7.53. The number of hydrogen-bond acceptors (Lipinski definition) is 3. The highest BCUT2D eigenvalue weighted by atomic mass is 16.2. The summed E-state index contributed by atoms with van der Waals surface area (Å²) in [5.74, 6) is 0.989. The molecule has 0 spiro atoms. The van der Waals surface area contributed by atoms with E-state index < -0.39 is 6.04 Å². The molecule has 0 aliphatic heterocycles. The van der Waals surface area contributed by atoms with Gasteiger partial charge in [-0.3, -0.25) is 14.3 Å². The van der Waals surface area contributed by atoms with Gasteiger partial charge in [0.05, 0.1) is 0 Å². The maximum atomic E-state index is 13.5. The van der Waals surface area contributed by atoms with Crippen LogP contribution in [0.5, 0.6) is 0 Å². The topological polar surface area (TPSA) is 76.0 Å². The minimum absolute atomic E-state index is 0.0806. The van der Waals surface area contributed by atoms with Crippen LogP contribution in [0.2, 0.25) is 0 Å². The highest BCUT2D eigenvalue weighted by Gasteiger charge is 2.48. The number of anilines is 1. The third-order valence-corrected chi connectivity index (χ3v) is 7.04. The smallest absolute Gasteiger partial charge is 0.270 e. The Morgan fingerprint density at radius 1 is 1.03 bits per heavy atom. The van der Waals surface area contributed by atoms with Crippen molar-refractivity contribution in [2.24, 2.45) is 17.8 Å². The molecule has 2 aromatic rings. The van der Waals surface area contributed by atoms with Crippen molar-refractivity contribution >= 4 is 17.5 Å². The molecule has 2 saturated carbocycles. The van der Waals surface area contributed by atoms with E-state index in [1.807, 2.05) is 19.9 Å². The molecule has 3 aliphatic rings. The summed E-state index contributed by atoms with van der Waals surface area (Å²) in [5, 5.41) is 10.5. The molecule has 2 amide bonds. The van der Waals surface area contributed by atoms with Gasteiger partial charge in [0.15, 0.2) is 0 Å². The number of nitrogens with one attached hydrogen (secondary N) is 2. The Kier molecular flexibility index (Phi) is 5.32. The van der Waals surface area contributed by atoms with E-state index in [2.05, 4.69) is 27.9 Å². The van der Waals surface area contributed by atoms with Gasteiger partial charge in [0.2, 0.25) is 5.91 Å². The lowest BCUT2D eigenvalue weighted by Gasteiger charge is -2.28. The van der Waals surface area contributed by atoms with Crippen molar-refractivity contribution in [2.75, 3.05) is 5.32 Å². The number of rotatable bonds is 8. The van der Waals surface area contributed by atoms with E-state index in [4.69, 9.17) is 0 Å². The van der Waals surface area contributed by atoms with Gasteiger partial charge in [-0.1, -0.05) is 6.07 Å². The van der Waals surface area contributed by atoms with Crippen LogP contribution in [0.4, 0.5) is 5.69 Å². The zero-order chi connectivity index (χ0) is 21.5. The van der Waals surface area contributed by atoms with Gasteiger partial charge in [-0.15, -0.1) is 0 Å². The van der Waals surface area contributed by atoms with Gasteiger partial charge >= 0.3 is 0 Å². The Hall–Kier alpha value is -2.63. The second-order valence-electron chi connectivity index (χ2n) is 9.78. The number of amides is 2. The lowest BCUT2D eigenvalue weighted by Crippen LogP contribution is -2.50. The van der Waals surface area contributed by atoms with Crippen molar-refractivity contribution in [3.05, 3.63) is 47.3 Å². The predicted octanol–water partition coefficient (Wildman–Crippen LogP) is 4.13. The molecule has 6 nitrogen and oxygen atoms in total. The monoisotopic (exact) mass is 420 g/mol. The van der Waals surface area contributed by atoms with Crippen LogP contribution in [0, 0.1) is 17.8 Å². The Morgan fingerprint density at radius 2 is 1.74 bits per heavy atom. The van der Waals surface area contributed by atoms with Gasteiger partial charge in [-0.05, 0) is 106 Å². The Labute approximate surface area is 183 Å². The molecule has 0 bridgehead atoms. The molecule has 1 aromatic carbocycles. The summed E-state index contributed by atoms with van der Waals surface area (Å²) in [6.45, 7) is 4.00. The summed E-state index contributed by atoms with van der Waals surface area (Å²) in [7, 11) is 0. The molecule has 1 aromatic heterocycles. The SMILES string of the molecule is CC(C)n1nccc1C(=O)NC(C(=O)Nc1ccc2c(c1)CCC2)C(C1CC1)C1CC1. The van der Waals surface area contributed by atoms with Crippen LogP contribution in [-0.4, -0.2) is 27.6 Å². The fourth-order valence-corrected chi connectivity index (χ4v) is 5.22. The second kappa shape index (κ2) is 8.13. The summed E-state index contributed by atoms with van der Waals surface area (Å²) in [4.78, 5) is 26.7. The first kappa shape index (κ1) is 20.3. The molecule has 2 fully saturated rings. The number of carbonyl (C=O) groups excluding carboxylic acids is 2. The Morgan fingerprint density at radius 3 is 2.42 bits per heavy atom. The molecule has 31 heavy (non-hydrogen) atoms. The fraction of sp³-hybridized carbons (Fsp3) is 0.560. The van der Waals surface area contributed by atoms with Crippen LogP contribution in [-0.2, 0) is 17.6 Å². The van der Waals surface area contributed by atoms with E-state index in [-0.39, 0.29) is 23.8 Å². The largest absolute Gasteiger partial charge is 0.339 e. The first-order valence-electron chi connectivity index (χ1n) is 11.8. The molecule has 3 aliphatic carbocycles. The van der Waals surface area contributed by atoms with Gasteiger partial charge in [0.1, 0.15) is 11.7 Å². The minimum atomic E-state index is -0.517. The number of carbonyl (C=O) groups is 2. The van der Waals surface area contributed by atoms with Gasteiger partial charge in [0, 0.05) is 17.9 Å². The van der Waals surface area contributed by atoms with Crippen molar-refractivity contribution in [3.63, 3.8) is 0 Å². The molecule has 0 saturated heterocycles. The van der Waals surface area contributed by atoms with Crippen molar-refractivity contribution in [1.82, 2.24) is 15.1 Å². The van der Waals surface area contributed by atoms with E-state index in [1.54, 1.807) is 16.9 Å². The fourth-order valence-electron chi connectivity index (χ4n) is 5.22. The average Bonchev–Trinajstić information content (AvgIpc) is 3.66. The van der Waals surface area contributed by atoms with Gasteiger partial charge in [-0.25, -0.2) is 0 Å². The van der Waals surface area contributed by atoms with E-state index >= 15 is 0 Å². The number of fused-ring (bicyclic) bond motifs is 1. The predicted molar refractivity (Wildman–Crippen MR) is 120 cm³/mol. The molecular formula is C25H32N4O2. The van der Waals surface area contributed by atoms with Crippen LogP contribution in [0.15, 0.2) is 30.5 Å². The quantitative estimate of drug-likeness (QED) is 0.674. The van der Waals surface area contributed by atoms with Crippen molar-refractivity contribution in [3.8, 4) is 0 Å². The molecule has 2 N–H and O–H groups in total. The van der Waals surface area contributed by atoms with E-state index in [1.165, 1.54) is 17.5 Å². The molecule has 1 heterocycles. The maximum absolute atomic E-state index is 13.5. The van der Waals surface area contributed by atoms with E-state index in [0.29, 0.717) is 17.5 Å². The zero-order valence-corrected chi connectivity index (χ0v) is 18.4. The van der Waals surface area contributed by atoms with Gasteiger partial charge < -0.3 is 10.6 Å². The summed E-state index contributed by atoms with van der Waals surface area (Å²) >= 11 is 0.